The topological polar surface area (TPSA) is 9.72 Å². The zero-order chi connectivity index (χ0) is 24.2. The molecule has 0 saturated carbocycles. The zero-order valence-corrected chi connectivity index (χ0v) is 16.5. The van der Waals surface area contributed by atoms with E-state index in [-0.39, 0.29) is 12.9 Å². The first-order valence-corrected chi connectivity index (χ1v) is 8.65. The Morgan fingerprint density at radius 2 is 0.655 bits per heavy atom. The van der Waals surface area contributed by atoms with Gasteiger partial charge in [-0.05, 0) is 52.9 Å². The third kappa shape index (κ3) is 3.44. The Bertz CT molecular complexity index is 541. The standard InChI is InChI=1S/C12H18F13N3S/c1-26(2)29(27(3)4,28(5)6)7(10(17,18)19,11(20,21)22)8(13,14)9(15,16)12(23,24)25/h1-6H3. The van der Waals surface area contributed by atoms with Crippen LogP contribution in [0.2, 0.25) is 0 Å². The van der Waals surface area contributed by atoms with E-state index in [1.165, 1.54) is 0 Å². The van der Waals surface area contributed by atoms with Gasteiger partial charge in [0.05, 0.1) is 0 Å². The highest BCUT2D eigenvalue weighted by atomic mass is 32.3. The molecule has 0 bridgehead atoms. The average Bonchev–Trinajstić information content (AvgIpc) is 2.37. The summed E-state index contributed by atoms with van der Waals surface area (Å²) in [5.74, 6) is -15.4. The van der Waals surface area contributed by atoms with Crippen molar-refractivity contribution in [2.75, 3.05) is 42.3 Å². The Hall–Kier alpha value is -0.680. The predicted molar refractivity (Wildman–Crippen MR) is 79.4 cm³/mol. The Labute approximate surface area is 159 Å². The molecular weight excluding hydrogens is 465 g/mol. The van der Waals surface area contributed by atoms with E-state index in [1.54, 1.807) is 0 Å². The highest BCUT2D eigenvalue weighted by molar-refractivity contribution is 8.29. The van der Waals surface area contributed by atoms with Crippen LogP contribution in [-0.2, 0) is 0 Å². The summed E-state index contributed by atoms with van der Waals surface area (Å²) in [7, 11) is -2.94. The smallest absolute Gasteiger partial charge is 0.250 e. The van der Waals surface area contributed by atoms with Gasteiger partial charge in [0.2, 0.25) is 0 Å². The molecule has 0 aliphatic rings. The minimum absolute atomic E-state index is 0.0751. The molecule has 0 aromatic carbocycles. The molecule has 0 aromatic heterocycles. The molecule has 0 unspecified atom stereocenters. The summed E-state index contributed by atoms with van der Waals surface area (Å²) in [6.45, 7) is 0. The van der Waals surface area contributed by atoms with Gasteiger partial charge in [0.25, 0.3) is 4.75 Å². The van der Waals surface area contributed by atoms with Crippen molar-refractivity contribution >= 4 is 10.6 Å². The fourth-order valence-electron chi connectivity index (χ4n) is 3.20. The fraction of sp³-hybridized carbons (Fsp3) is 1.00. The van der Waals surface area contributed by atoms with Crippen LogP contribution in [0.1, 0.15) is 0 Å². The Morgan fingerprint density at radius 3 is 0.793 bits per heavy atom. The normalized spacial score (nSPS) is 16.9. The maximum atomic E-state index is 14.6. The van der Waals surface area contributed by atoms with E-state index in [4.69, 9.17) is 0 Å². The number of rotatable bonds is 6. The van der Waals surface area contributed by atoms with Gasteiger partial charge in [-0.25, -0.2) is 12.9 Å². The molecule has 0 spiro atoms. The van der Waals surface area contributed by atoms with Crippen LogP contribution < -0.4 is 0 Å². The van der Waals surface area contributed by atoms with Crippen molar-refractivity contribution in [1.29, 1.82) is 0 Å². The minimum atomic E-state index is -7.71. The van der Waals surface area contributed by atoms with Gasteiger partial charge in [-0.15, -0.1) is 0 Å². The van der Waals surface area contributed by atoms with E-state index in [2.05, 4.69) is 0 Å². The van der Waals surface area contributed by atoms with Crippen molar-refractivity contribution in [3.63, 3.8) is 0 Å². The van der Waals surface area contributed by atoms with E-state index in [9.17, 15) is 57.1 Å². The number of hydrogen-bond acceptors (Lipinski definition) is 3. The summed E-state index contributed by atoms with van der Waals surface area (Å²) < 4.78 is 171. The molecule has 0 heterocycles. The first kappa shape index (κ1) is 28.3. The highest BCUT2D eigenvalue weighted by Crippen LogP contribution is 2.79. The molecule has 0 atom stereocenters. The molecule has 0 saturated heterocycles. The van der Waals surface area contributed by atoms with Gasteiger partial charge in [-0.1, -0.05) is 0 Å². The molecule has 0 rings (SSSR count). The van der Waals surface area contributed by atoms with Gasteiger partial charge < -0.3 is 0 Å². The first-order chi connectivity index (χ1) is 12.3. The van der Waals surface area contributed by atoms with Crippen LogP contribution in [0, 0.1) is 0 Å². The van der Waals surface area contributed by atoms with E-state index in [1.807, 2.05) is 0 Å². The van der Waals surface area contributed by atoms with Gasteiger partial charge in [0, 0.05) is 0 Å². The van der Waals surface area contributed by atoms with Crippen LogP contribution in [0.5, 0.6) is 0 Å². The first-order valence-electron chi connectivity index (χ1n) is 7.14. The van der Waals surface area contributed by atoms with Gasteiger partial charge in [0.15, 0.2) is 0 Å². The van der Waals surface area contributed by atoms with E-state index in [0.29, 0.717) is 42.3 Å². The molecule has 0 fully saturated rings. The van der Waals surface area contributed by atoms with Crippen LogP contribution >= 0.6 is 10.6 Å². The summed E-state index contributed by atoms with van der Waals surface area (Å²) in [5, 5.41) is 0. The molecule has 0 radical (unpaired) electrons. The molecule has 3 nitrogen and oxygen atoms in total. The number of halogens is 13. The Balaban J connectivity index is 8.12. The molecule has 17 heteroatoms. The Kier molecular flexibility index (Phi) is 7.30. The number of nitrogens with zero attached hydrogens (tertiary/aromatic N) is 3. The maximum absolute atomic E-state index is 14.6. The molecule has 178 valence electrons. The lowest BCUT2D eigenvalue weighted by molar-refractivity contribution is -0.408. The van der Waals surface area contributed by atoms with Crippen molar-refractivity contribution in [3.8, 4) is 0 Å². The van der Waals surface area contributed by atoms with Crippen LogP contribution in [0.15, 0.2) is 0 Å². The quantitative estimate of drug-likeness (QED) is 0.497. The second-order valence-corrected chi connectivity index (χ2v) is 10.1. The van der Waals surface area contributed by atoms with E-state index in [0.717, 1.165) is 0 Å². The second kappa shape index (κ2) is 7.47. The van der Waals surface area contributed by atoms with Crippen molar-refractivity contribution in [2.24, 2.45) is 0 Å². The second-order valence-electron chi connectivity index (χ2n) is 6.28. The number of hydrogen-bond donors (Lipinski definition) is 0. The molecule has 0 aromatic rings. The minimum Gasteiger partial charge on any atom is -0.250 e. The lowest BCUT2D eigenvalue weighted by Gasteiger charge is -2.65. The van der Waals surface area contributed by atoms with Gasteiger partial charge in [-0.3, -0.25) is 0 Å². The van der Waals surface area contributed by atoms with E-state index >= 15 is 0 Å². The summed E-state index contributed by atoms with van der Waals surface area (Å²) in [6, 6.07) is 0. The van der Waals surface area contributed by atoms with Crippen LogP contribution in [0.4, 0.5) is 57.1 Å². The summed E-state index contributed by atoms with van der Waals surface area (Å²) in [4.78, 5) is 0. The molecule has 29 heavy (non-hydrogen) atoms. The van der Waals surface area contributed by atoms with Crippen molar-refractivity contribution in [3.05, 3.63) is 0 Å². The lowest BCUT2D eigenvalue weighted by Crippen LogP contribution is -2.80. The monoisotopic (exact) mass is 483 g/mol. The molecular formula is C12H18F13N3S. The van der Waals surface area contributed by atoms with Crippen LogP contribution in [-0.4, -0.2) is 90.3 Å². The van der Waals surface area contributed by atoms with Crippen molar-refractivity contribution < 1.29 is 57.1 Å². The van der Waals surface area contributed by atoms with Crippen LogP contribution in [0.3, 0.4) is 0 Å². The predicted octanol–water partition coefficient (Wildman–Crippen LogP) is 4.92. The summed E-state index contributed by atoms with van der Waals surface area (Å²) >= 11 is 0. The Morgan fingerprint density at radius 1 is 0.414 bits per heavy atom. The van der Waals surface area contributed by atoms with E-state index < -0.39 is 45.7 Å². The largest absolute Gasteiger partial charge is 0.459 e. The van der Waals surface area contributed by atoms with Crippen molar-refractivity contribution in [1.82, 2.24) is 12.9 Å². The molecule has 0 aliphatic heterocycles. The van der Waals surface area contributed by atoms with Crippen molar-refractivity contribution in [2.45, 2.75) is 35.1 Å². The SMILES string of the molecule is CN(C)S(N(C)C)(N(C)C)C(C(F)(F)F)(C(F)(F)F)C(F)(F)C(F)(F)C(F)(F)F. The molecule has 0 aliphatic carbocycles. The lowest BCUT2D eigenvalue weighted by atomic mass is 9.92. The highest BCUT2D eigenvalue weighted by Gasteiger charge is 2.97. The summed E-state index contributed by atoms with van der Waals surface area (Å²) in [6.07, 6.45) is -22.0. The fourth-order valence-corrected chi connectivity index (χ4v) is 7.90. The third-order valence-corrected chi connectivity index (χ3v) is 8.53. The van der Waals surface area contributed by atoms with Gasteiger partial charge in [0.1, 0.15) is 0 Å². The average molecular weight is 483 g/mol. The van der Waals surface area contributed by atoms with Gasteiger partial charge in [-0.2, -0.15) is 57.1 Å². The van der Waals surface area contributed by atoms with Gasteiger partial charge >= 0.3 is 30.4 Å². The van der Waals surface area contributed by atoms with Crippen LogP contribution in [0.25, 0.3) is 0 Å². The maximum Gasteiger partial charge on any atom is 0.459 e. The third-order valence-electron chi connectivity index (χ3n) is 3.93. The zero-order valence-electron chi connectivity index (χ0n) is 15.7. The summed E-state index contributed by atoms with van der Waals surface area (Å²) in [5.41, 5.74) is 0. The molecule has 0 N–H and O–H groups in total. The number of alkyl halides is 13. The molecule has 0 amide bonds.